The van der Waals surface area contributed by atoms with Gasteiger partial charge in [-0.2, -0.15) is 0 Å². The molecule has 0 aliphatic carbocycles. The molecule has 0 bridgehead atoms. The number of rotatable bonds is 3. The van der Waals surface area contributed by atoms with Crippen molar-refractivity contribution in [2.75, 3.05) is 13.2 Å². The van der Waals surface area contributed by atoms with Gasteiger partial charge in [0.1, 0.15) is 12.7 Å². The maximum atomic E-state index is 13.4. The van der Waals surface area contributed by atoms with Gasteiger partial charge >= 0.3 is 0 Å². The predicted octanol–water partition coefficient (Wildman–Crippen LogP) is 0.933. The van der Waals surface area contributed by atoms with Crippen molar-refractivity contribution in [2.24, 2.45) is 0 Å². The summed E-state index contributed by atoms with van der Waals surface area (Å²) in [6, 6.07) is 8.43. The van der Waals surface area contributed by atoms with Gasteiger partial charge in [0, 0.05) is 18.0 Å². The molecule has 2 aromatic rings. The highest BCUT2D eigenvalue weighted by Gasteiger charge is 2.34. The first-order valence-corrected chi connectivity index (χ1v) is 7.22. The lowest BCUT2D eigenvalue weighted by Crippen LogP contribution is -2.41. The largest absolute Gasteiger partial charge is 0.394 e. The van der Waals surface area contributed by atoms with Crippen molar-refractivity contribution in [1.29, 1.82) is 0 Å². The fraction of sp³-hybridized carbons (Fsp3) is 0.375. The van der Waals surface area contributed by atoms with Crippen LogP contribution in [0, 0.1) is 0 Å². The molecule has 0 radical (unpaired) electrons. The average Bonchev–Trinajstić information content (AvgIpc) is 2.91. The number of halogens is 1. The quantitative estimate of drug-likeness (QED) is 0.917. The second-order valence-corrected chi connectivity index (χ2v) is 5.55. The van der Waals surface area contributed by atoms with E-state index in [1.54, 1.807) is 24.4 Å². The zero-order chi connectivity index (χ0) is 15.7. The second-order valence-electron chi connectivity index (χ2n) is 5.55. The van der Waals surface area contributed by atoms with E-state index in [0.29, 0.717) is 5.39 Å². The number of likely N-dealkylation sites (tertiary alicyclic amines) is 1. The molecule has 1 saturated heterocycles. The number of hydrogen-bond donors (Lipinski definition) is 1. The number of fused-ring (bicyclic) bond motifs is 1. The average molecular weight is 304 g/mol. The Balaban J connectivity index is 1.85. The number of aliphatic hydroxyl groups excluding tert-OH is 1. The molecular formula is C16H17FN2O3. The van der Waals surface area contributed by atoms with Crippen LogP contribution < -0.4 is 5.56 Å². The Kier molecular flexibility index (Phi) is 3.94. The topological polar surface area (TPSA) is 62.5 Å². The van der Waals surface area contributed by atoms with E-state index in [0.717, 1.165) is 5.39 Å². The fourth-order valence-electron chi connectivity index (χ4n) is 2.93. The van der Waals surface area contributed by atoms with E-state index < -0.39 is 12.2 Å². The first kappa shape index (κ1) is 14.7. The van der Waals surface area contributed by atoms with Crippen molar-refractivity contribution in [3.05, 3.63) is 46.9 Å². The third kappa shape index (κ3) is 2.62. The van der Waals surface area contributed by atoms with Crippen LogP contribution in [0.3, 0.4) is 0 Å². The summed E-state index contributed by atoms with van der Waals surface area (Å²) in [6.45, 7) is -0.432. The van der Waals surface area contributed by atoms with Crippen LogP contribution >= 0.6 is 0 Å². The Labute approximate surface area is 126 Å². The van der Waals surface area contributed by atoms with Crippen LogP contribution in [0.4, 0.5) is 4.39 Å². The number of alkyl halides is 1. The molecule has 1 fully saturated rings. The first-order chi connectivity index (χ1) is 10.6. The van der Waals surface area contributed by atoms with Gasteiger partial charge in [0.25, 0.3) is 5.56 Å². The maximum absolute atomic E-state index is 13.4. The Morgan fingerprint density at radius 1 is 1.32 bits per heavy atom. The summed E-state index contributed by atoms with van der Waals surface area (Å²) in [6.07, 6.45) is 0.600. The Morgan fingerprint density at radius 2 is 2.09 bits per heavy atom. The molecule has 2 heterocycles. The van der Waals surface area contributed by atoms with Crippen LogP contribution in [-0.4, -0.2) is 45.8 Å². The van der Waals surface area contributed by atoms with E-state index in [-0.39, 0.29) is 37.6 Å². The number of hydrogen-bond acceptors (Lipinski definition) is 3. The SMILES string of the molecule is O=C(Cn1ccc2ccccc2c1=O)N1C[C@@H](F)C[C@H]1CO. The molecule has 1 aliphatic heterocycles. The molecule has 1 N–H and O–H groups in total. The van der Waals surface area contributed by atoms with Gasteiger partial charge in [0.05, 0.1) is 19.2 Å². The van der Waals surface area contributed by atoms with Gasteiger partial charge in [-0.15, -0.1) is 0 Å². The molecule has 5 nitrogen and oxygen atoms in total. The first-order valence-electron chi connectivity index (χ1n) is 7.22. The zero-order valence-electron chi connectivity index (χ0n) is 12.0. The second kappa shape index (κ2) is 5.88. The number of aliphatic hydroxyl groups is 1. The number of nitrogens with zero attached hydrogens (tertiary/aromatic N) is 2. The van der Waals surface area contributed by atoms with E-state index in [2.05, 4.69) is 0 Å². The van der Waals surface area contributed by atoms with Gasteiger partial charge in [-0.3, -0.25) is 9.59 Å². The third-order valence-electron chi connectivity index (χ3n) is 4.09. The summed E-state index contributed by atoms with van der Waals surface area (Å²) >= 11 is 0. The van der Waals surface area contributed by atoms with E-state index in [1.807, 2.05) is 12.1 Å². The molecule has 3 rings (SSSR count). The van der Waals surface area contributed by atoms with E-state index in [1.165, 1.54) is 9.47 Å². The van der Waals surface area contributed by atoms with Gasteiger partial charge in [0.15, 0.2) is 0 Å². The molecule has 1 aromatic heterocycles. The van der Waals surface area contributed by atoms with E-state index >= 15 is 0 Å². The van der Waals surface area contributed by atoms with Crippen molar-refractivity contribution >= 4 is 16.7 Å². The normalized spacial score (nSPS) is 21.5. The zero-order valence-corrected chi connectivity index (χ0v) is 12.0. The number of aromatic nitrogens is 1. The molecule has 1 amide bonds. The molecule has 0 spiro atoms. The lowest BCUT2D eigenvalue weighted by molar-refractivity contribution is -0.133. The van der Waals surface area contributed by atoms with Gasteiger partial charge in [-0.05, 0) is 17.5 Å². The smallest absolute Gasteiger partial charge is 0.258 e. The molecule has 6 heteroatoms. The summed E-state index contributed by atoms with van der Waals surface area (Å²) < 4.78 is 14.7. The summed E-state index contributed by atoms with van der Waals surface area (Å²) in [5, 5.41) is 10.6. The van der Waals surface area contributed by atoms with Crippen molar-refractivity contribution in [1.82, 2.24) is 9.47 Å². The Hall–Kier alpha value is -2.21. The number of pyridine rings is 1. The molecule has 22 heavy (non-hydrogen) atoms. The number of amides is 1. The Bertz CT molecular complexity index is 758. The lowest BCUT2D eigenvalue weighted by Gasteiger charge is -2.23. The molecule has 116 valence electrons. The molecule has 1 aromatic carbocycles. The van der Waals surface area contributed by atoms with Crippen LogP contribution in [0.5, 0.6) is 0 Å². The van der Waals surface area contributed by atoms with E-state index in [9.17, 15) is 19.1 Å². The predicted molar refractivity (Wildman–Crippen MR) is 80.3 cm³/mol. The van der Waals surface area contributed by atoms with Crippen LogP contribution in [0.1, 0.15) is 6.42 Å². The highest BCUT2D eigenvalue weighted by molar-refractivity contribution is 5.82. The maximum Gasteiger partial charge on any atom is 0.258 e. The van der Waals surface area contributed by atoms with Crippen LogP contribution in [0.15, 0.2) is 41.3 Å². The van der Waals surface area contributed by atoms with Gasteiger partial charge < -0.3 is 14.6 Å². The highest BCUT2D eigenvalue weighted by atomic mass is 19.1. The van der Waals surface area contributed by atoms with Crippen LogP contribution in [-0.2, 0) is 11.3 Å². The lowest BCUT2D eigenvalue weighted by atomic mass is 10.2. The monoisotopic (exact) mass is 304 g/mol. The number of carbonyl (C=O) groups is 1. The molecular weight excluding hydrogens is 287 g/mol. The van der Waals surface area contributed by atoms with Crippen molar-refractivity contribution < 1.29 is 14.3 Å². The minimum Gasteiger partial charge on any atom is -0.394 e. The molecule has 0 unspecified atom stereocenters. The molecule has 0 saturated carbocycles. The molecule has 2 atom stereocenters. The minimum absolute atomic E-state index is 0.0214. The van der Waals surface area contributed by atoms with Gasteiger partial charge in [0.2, 0.25) is 5.91 Å². The fourth-order valence-corrected chi connectivity index (χ4v) is 2.93. The Morgan fingerprint density at radius 3 is 2.86 bits per heavy atom. The molecule has 1 aliphatic rings. The van der Waals surface area contributed by atoms with Crippen LogP contribution in [0.2, 0.25) is 0 Å². The minimum atomic E-state index is -1.12. The van der Waals surface area contributed by atoms with Crippen LogP contribution in [0.25, 0.3) is 10.8 Å². The standard InChI is InChI=1S/C16H17FN2O3/c17-12-7-13(10-20)19(8-12)15(21)9-18-6-5-11-3-1-2-4-14(11)16(18)22/h1-6,12-13,20H,7-10H2/t12-,13-/m0/s1. The van der Waals surface area contributed by atoms with Crippen molar-refractivity contribution in [2.45, 2.75) is 25.2 Å². The van der Waals surface area contributed by atoms with Crippen molar-refractivity contribution in [3.8, 4) is 0 Å². The summed E-state index contributed by atoms with van der Waals surface area (Å²) in [5.41, 5.74) is -0.247. The highest BCUT2D eigenvalue weighted by Crippen LogP contribution is 2.20. The number of benzene rings is 1. The van der Waals surface area contributed by atoms with Gasteiger partial charge in [-0.1, -0.05) is 18.2 Å². The summed E-state index contributed by atoms with van der Waals surface area (Å²) in [4.78, 5) is 26.0. The summed E-state index contributed by atoms with van der Waals surface area (Å²) in [5.74, 6) is -0.350. The third-order valence-corrected chi connectivity index (χ3v) is 4.09. The van der Waals surface area contributed by atoms with Gasteiger partial charge in [-0.25, -0.2) is 4.39 Å². The number of carbonyl (C=O) groups excluding carboxylic acids is 1. The summed E-state index contributed by atoms with van der Waals surface area (Å²) in [7, 11) is 0. The van der Waals surface area contributed by atoms with Crippen molar-refractivity contribution in [3.63, 3.8) is 0 Å². The van der Waals surface area contributed by atoms with E-state index in [4.69, 9.17) is 0 Å².